The second kappa shape index (κ2) is 9.99. The number of rotatable bonds is 4. The van der Waals surface area contributed by atoms with Crippen LogP contribution in [0.4, 0.5) is 0 Å². The van der Waals surface area contributed by atoms with Gasteiger partial charge in [0.2, 0.25) is 11.8 Å². The van der Waals surface area contributed by atoms with Crippen LogP contribution >= 0.6 is 0 Å². The van der Waals surface area contributed by atoms with E-state index in [0.29, 0.717) is 18.2 Å². The van der Waals surface area contributed by atoms with Crippen LogP contribution in [0.2, 0.25) is 0 Å². The van der Waals surface area contributed by atoms with Crippen LogP contribution < -0.4 is 0 Å². The SMILES string of the molecule is O=C(Cc1ccccn1)N1CC(=O)N2[C@H](CO)[C@H](c3ccc(C#CC4CCCCC4)cc3)[C@H]2C1. The summed E-state index contributed by atoms with van der Waals surface area (Å²) in [6.45, 7) is 0.445. The lowest BCUT2D eigenvalue weighted by Gasteiger charge is -2.58. The first-order valence-electron chi connectivity index (χ1n) is 12.4. The van der Waals surface area contributed by atoms with Crippen LogP contribution in [0.15, 0.2) is 48.7 Å². The summed E-state index contributed by atoms with van der Waals surface area (Å²) >= 11 is 0. The first-order chi connectivity index (χ1) is 16.6. The van der Waals surface area contributed by atoms with Crippen LogP contribution in [0, 0.1) is 17.8 Å². The van der Waals surface area contributed by atoms with Crippen molar-refractivity contribution in [1.29, 1.82) is 0 Å². The highest BCUT2D eigenvalue weighted by atomic mass is 16.3. The van der Waals surface area contributed by atoms with E-state index in [4.69, 9.17) is 0 Å². The number of hydrogen-bond donors (Lipinski definition) is 1. The fraction of sp³-hybridized carbons (Fsp3) is 0.464. The topological polar surface area (TPSA) is 73.7 Å². The number of aliphatic hydroxyl groups is 1. The number of aromatic nitrogens is 1. The monoisotopic (exact) mass is 457 g/mol. The van der Waals surface area contributed by atoms with Crippen molar-refractivity contribution in [2.75, 3.05) is 19.7 Å². The Kier molecular flexibility index (Phi) is 6.64. The van der Waals surface area contributed by atoms with Crippen molar-refractivity contribution < 1.29 is 14.7 Å². The van der Waals surface area contributed by atoms with Crippen molar-refractivity contribution >= 4 is 11.8 Å². The molecule has 0 unspecified atom stereocenters. The quantitative estimate of drug-likeness (QED) is 0.717. The maximum absolute atomic E-state index is 12.9. The Morgan fingerprint density at radius 3 is 2.59 bits per heavy atom. The number of carbonyl (C=O) groups is 2. The molecule has 1 aliphatic carbocycles. The van der Waals surface area contributed by atoms with Gasteiger partial charge in [-0.2, -0.15) is 0 Å². The van der Waals surface area contributed by atoms with Gasteiger partial charge in [-0.25, -0.2) is 0 Å². The molecule has 1 aromatic heterocycles. The number of pyridine rings is 1. The first-order valence-corrected chi connectivity index (χ1v) is 12.4. The summed E-state index contributed by atoms with van der Waals surface area (Å²) in [5.41, 5.74) is 2.78. The first kappa shape index (κ1) is 22.6. The lowest BCUT2D eigenvalue weighted by Crippen LogP contribution is -2.73. The molecule has 0 bridgehead atoms. The van der Waals surface area contributed by atoms with Crippen molar-refractivity contribution in [1.82, 2.24) is 14.8 Å². The van der Waals surface area contributed by atoms with E-state index in [9.17, 15) is 14.7 Å². The number of carbonyl (C=O) groups excluding carboxylic acids is 2. The third-order valence-corrected chi connectivity index (χ3v) is 7.48. The minimum Gasteiger partial charge on any atom is -0.394 e. The fourth-order valence-electron chi connectivity index (χ4n) is 5.68. The zero-order valence-electron chi connectivity index (χ0n) is 19.4. The van der Waals surface area contributed by atoms with E-state index in [0.717, 1.165) is 11.1 Å². The Labute approximate surface area is 201 Å². The molecule has 3 heterocycles. The van der Waals surface area contributed by atoms with Crippen molar-refractivity contribution in [3.8, 4) is 11.8 Å². The zero-order chi connectivity index (χ0) is 23.5. The summed E-state index contributed by atoms with van der Waals surface area (Å²) in [6.07, 6.45) is 8.14. The summed E-state index contributed by atoms with van der Waals surface area (Å²) in [6, 6.07) is 13.3. The second-order valence-corrected chi connectivity index (χ2v) is 9.64. The van der Waals surface area contributed by atoms with Gasteiger partial charge in [-0.3, -0.25) is 14.6 Å². The lowest BCUT2D eigenvalue weighted by atomic mass is 9.73. The third-order valence-electron chi connectivity index (χ3n) is 7.48. The summed E-state index contributed by atoms with van der Waals surface area (Å²) in [5, 5.41) is 10.0. The van der Waals surface area contributed by atoms with Crippen molar-refractivity contribution in [2.24, 2.45) is 5.92 Å². The maximum atomic E-state index is 12.9. The number of fused-ring (bicyclic) bond motifs is 1. The summed E-state index contributed by atoms with van der Waals surface area (Å²) in [5.74, 6) is 7.08. The molecule has 1 saturated carbocycles. The molecular weight excluding hydrogens is 426 g/mol. The Balaban J connectivity index is 1.28. The predicted octanol–water partition coefficient (Wildman–Crippen LogP) is 2.75. The standard InChI is InChI=1S/C28H31N3O3/c32-19-25-28(22-13-11-21(12-14-22)10-9-20-6-2-1-3-7-20)24-17-30(18-27(34)31(24)25)26(33)16-23-8-4-5-15-29-23/h4-5,8,11-15,20,24-25,28,32H,1-3,6-7,16-19H2/t24-,25-,28-/m1/s1. The van der Waals surface area contributed by atoms with Gasteiger partial charge >= 0.3 is 0 Å². The van der Waals surface area contributed by atoms with E-state index in [2.05, 4.69) is 29.0 Å². The molecule has 6 heteroatoms. The van der Waals surface area contributed by atoms with E-state index in [1.165, 1.54) is 32.1 Å². The van der Waals surface area contributed by atoms with Gasteiger partial charge in [-0.1, -0.05) is 49.3 Å². The minimum atomic E-state index is -0.246. The predicted molar refractivity (Wildman–Crippen MR) is 129 cm³/mol. The van der Waals surface area contributed by atoms with E-state index in [1.807, 2.05) is 30.3 Å². The second-order valence-electron chi connectivity index (χ2n) is 9.64. The average Bonchev–Trinajstić information content (AvgIpc) is 2.86. The van der Waals surface area contributed by atoms with Gasteiger partial charge in [0.15, 0.2) is 0 Å². The highest BCUT2D eigenvalue weighted by Gasteiger charge is 2.54. The molecular formula is C28H31N3O3. The highest BCUT2D eigenvalue weighted by Crippen LogP contribution is 2.43. The Bertz CT molecular complexity index is 1080. The highest BCUT2D eigenvalue weighted by molar-refractivity contribution is 5.88. The molecule has 34 heavy (non-hydrogen) atoms. The Morgan fingerprint density at radius 1 is 1.09 bits per heavy atom. The largest absolute Gasteiger partial charge is 0.394 e. The van der Waals surface area contributed by atoms with Gasteiger partial charge in [0.1, 0.15) is 0 Å². The number of hydrogen-bond acceptors (Lipinski definition) is 4. The molecule has 1 N–H and O–H groups in total. The van der Waals surface area contributed by atoms with Crippen LogP contribution in [0.3, 0.4) is 0 Å². The van der Waals surface area contributed by atoms with Crippen LogP contribution in [0.1, 0.15) is 54.8 Å². The van der Waals surface area contributed by atoms with Crippen molar-refractivity contribution in [3.63, 3.8) is 0 Å². The zero-order valence-corrected chi connectivity index (χ0v) is 19.4. The molecule has 1 aromatic carbocycles. The maximum Gasteiger partial charge on any atom is 0.242 e. The molecule has 176 valence electrons. The molecule has 0 radical (unpaired) electrons. The van der Waals surface area contributed by atoms with Gasteiger partial charge in [-0.15, -0.1) is 0 Å². The number of piperazine rings is 1. The van der Waals surface area contributed by atoms with Gasteiger partial charge < -0.3 is 14.9 Å². The third kappa shape index (κ3) is 4.58. The van der Waals surface area contributed by atoms with E-state index >= 15 is 0 Å². The molecule has 5 rings (SSSR count). The number of nitrogens with zero attached hydrogens (tertiary/aromatic N) is 3. The number of amides is 2. The van der Waals surface area contributed by atoms with E-state index < -0.39 is 0 Å². The molecule has 2 aliphatic heterocycles. The molecule has 0 spiro atoms. The fourth-order valence-corrected chi connectivity index (χ4v) is 5.68. The van der Waals surface area contributed by atoms with E-state index in [-0.39, 0.29) is 49.4 Å². The molecule has 2 aromatic rings. The van der Waals surface area contributed by atoms with Gasteiger partial charge in [-0.05, 0) is 42.7 Å². The van der Waals surface area contributed by atoms with Crippen LogP contribution in [-0.2, 0) is 16.0 Å². The summed E-state index contributed by atoms with van der Waals surface area (Å²) in [7, 11) is 0. The van der Waals surface area contributed by atoms with Crippen molar-refractivity contribution in [2.45, 2.75) is 56.5 Å². The molecule has 3 atom stereocenters. The van der Waals surface area contributed by atoms with E-state index in [1.54, 1.807) is 16.0 Å². The normalized spacial score (nSPS) is 24.6. The lowest BCUT2D eigenvalue weighted by molar-refractivity contribution is -0.166. The van der Waals surface area contributed by atoms with Crippen LogP contribution in [0.5, 0.6) is 0 Å². The molecule has 2 amide bonds. The number of benzene rings is 1. The molecule has 3 fully saturated rings. The van der Waals surface area contributed by atoms with Crippen LogP contribution in [0.25, 0.3) is 0 Å². The van der Waals surface area contributed by atoms with Gasteiger partial charge in [0.05, 0.1) is 31.7 Å². The average molecular weight is 458 g/mol. The van der Waals surface area contributed by atoms with Crippen LogP contribution in [-0.4, -0.2) is 63.5 Å². The number of aliphatic hydroxyl groups excluding tert-OH is 1. The smallest absolute Gasteiger partial charge is 0.242 e. The summed E-state index contributed by atoms with van der Waals surface area (Å²) < 4.78 is 0. The molecule has 6 nitrogen and oxygen atoms in total. The van der Waals surface area contributed by atoms with Crippen molar-refractivity contribution in [3.05, 3.63) is 65.5 Å². The Hall–Kier alpha value is -3.17. The van der Waals surface area contributed by atoms with Gasteiger partial charge in [0, 0.05) is 35.8 Å². The molecule has 3 aliphatic rings. The minimum absolute atomic E-state index is 0.000228. The summed E-state index contributed by atoms with van der Waals surface area (Å²) in [4.78, 5) is 33.4. The van der Waals surface area contributed by atoms with Gasteiger partial charge in [0.25, 0.3) is 0 Å². The Morgan fingerprint density at radius 2 is 1.88 bits per heavy atom. The molecule has 2 saturated heterocycles.